The number of likely N-dealkylation sites (N-methyl/N-ethyl adjacent to an activating group) is 1. The highest BCUT2D eigenvalue weighted by atomic mass is 35.5. The van der Waals surface area contributed by atoms with Crippen molar-refractivity contribution >= 4 is 29.1 Å². The summed E-state index contributed by atoms with van der Waals surface area (Å²) in [5.74, 6) is 1.36. The second-order valence-electron chi connectivity index (χ2n) is 6.31. The lowest BCUT2D eigenvalue weighted by molar-refractivity contribution is -0.122. The third-order valence-electron chi connectivity index (χ3n) is 4.15. The molecule has 0 aliphatic rings. The molecule has 0 heterocycles. The Labute approximate surface area is 170 Å². The van der Waals surface area contributed by atoms with Crippen molar-refractivity contribution in [2.24, 2.45) is 0 Å². The van der Waals surface area contributed by atoms with Gasteiger partial charge in [0.1, 0.15) is 11.5 Å². The van der Waals surface area contributed by atoms with Gasteiger partial charge in [-0.05, 0) is 37.7 Å². The van der Waals surface area contributed by atoms with Crippen molar-refractivity contribution in [2.75, 3.05) is 27.8 Å². The molecule has 0 aromatic heterocycles. The Hall–Kier alpha value is -1.95. The highest BCUT2D eigenvalue weighted by Crippen LogP contribution is 2.27. The van der Waals surface area contributed by atoms with Gasteiger partial charge in [0.05, 0.1) is 26.8 Å². The molecule has 1 amide bonds. The Morgan fingerprint density at radius 3 is 2.52 bits per heavy atom. The summed E-state index contributed by atoms with van der Waals surface area (Å²) >= 11 is 12.1. The van der Waals surface area contributed by atoms with Crippen LogP contribution in [0.15, 0.2) is 36.4 Å². The van der Waals surface area contributed by atoms with Crippen molar-refractivity contribution in [3.05, 3.63) is 57.6 Å². The number of carbonyl (C=O) groups excluding carboxylic acids is 1. The molecule has 1 N–H and O–H groups in total. The molecule has 5 nitrogen and oxygen atoms in total. The van der Waals surface area contributed by atoms with E-state index in [-0.39, 0.29) is 18.5 Å². The fraction of sp³-hybridized carbons (Fsp3) is 0.350. The second-order valence-corrected chi connectivity index (χ2v) is 7.15. The maximum atomic E-state index is 12.4. The minimum absolute atomic E-state index is 0.0940. The lowest BCUT2D eigenvalue weighted by atomic mass is 10.1. The van der Waals surface area contributed by atoms with E-state index < -0.39 is 0 Å². The molecule has 0 fully saturated rings. The first kappa shape index (κ1) is 21.4. The van der Waals surface area contributed by atoms with Crippen molar-refractivity contribution in [3.8, 4) is 11.5 Å². The maximum Gasteiger partial charge on any atom is 0.234 e. The predicted octanol–water partition coefficient (Wildman–Crippen LogP) is 4.32. The number of halogens is 2. The normalized spacial score (nSPS) is 12.0. The molecule has 27 heavy (non-hydrogen) atoms. The lowest BCUT2D eigenvalue weighted by Gasteiger charge is -2.21. The molecule has 0 spiro atoms. The van der Waals surface area contributed by atoms with Crippen LogP contribution in [0.5, 0.6) is 11.5 Å². The van der Waals surface area contributed by atoms with E-state index in [1.54, 1.807) is 26.4 Å². The molecule has 0 unspecified atom stereocenters. The minimum Gasteiger partial charge on any atom is -0.497 e. The topological polar surface area (TPSA) is 50.8 Å². The van der Waals surface area contributed by atoms with Crippen LogP contribution in [0.1, 0.15) is 24.1 Å². The summed E-state index contributed by atoms with van der Waals surface area (Å²) in [7, 11) is 5.10. The zero-order valence-corrected chi connectivity index (χ0v) is 17.4. The number of carbonyl (C=O) groups is 1. The minimum atomic E-state index is -0.216. The van der Waals surface area contributed by atoms with Crippen LogP contribution >= 0.6 is 23.2 Å². The molecule has 2 aromatic carbocycles. The number of rotatable bonds is 8. The summed E-state index contributed by atoms with van der Waals surface area (Å²) in [6.45, 7) is 2.70. The molecular weight excluding hydrogens is 387 g/mol. The van der Waals surface area contributed by atoms with Crippen LogP contribution in [0.25, 0.3) is 0 Å². The van der Waals surface area contributed by atoms with Gasteiger partial charge in [-0.2, -0.15) is 0 Å². The van der Waals surface area contributed by atoms with Crippen molar-refractivity contribution in [2.45, 2.75) is 19.5 Å². The number of nitrogens with zero attached hydrogens (tertiary/aromatic N) is 1. The quantitative estimate of drug-likeness (QED) is 0.703. The van der Waals surface area contributed by atoms with Gasteiger partial charge in [-0.1, -0.05) is 35.3 Å². The zero-order chi connectivity index (χ0) is 20.0. The molecule has 0 radical (unpaired) electrons. The van der Waals surface area contributed by atoms with Crippen LogP contribution in [0, 0.1) is 0 Å². The van der Waals surface area contributed by atoms with Gasteiger partial charge in [-0.25, -0.2) is 0 Å². The van der Waals surface area contributed by atoms with E-state index in [9.17, 15) is 4.79 Å². The van der Waals surface area contributed by atoms with Crippen molar-refractivity contribution < 1.29 is 14.3 Å². The Bertz CT molecular complexity index is 799. The van der Waals surface area contributed by atoms with E-state index in [0.717, 1.165) is 22.6 Å². The van der Waals surface area contributed by atoms with E-state index in [1.807, 2.05) is 43.1 Å². The highest BCUT2D eigenvalue weighted by molar-refractivity contribution is 6.35. The van der Waals surface area contributed by atoms with Crippen molar-refractivity contribution in [1.82, 2.24) is 10.2 Å². The van der Waals surface area contributed by atoms with Crippen LogP contribution in [0.2, 0.25) is 10.0 Å². The van der Waals surface area contributed by atoms with Gasteiger partial charge >= 0.3 is 0 Å². The second kappa shape index (κ2) is 9.83. The molecule has 7 heteroatoms. The molecule has 0 saturated carbocycles. The van der Waals surface area contributed by atoms with Gasteiger partial charge < -0.3 is 14.8 Å². The van der Waals surface area contributed by atoms with E-state index in [2.05, 4.69) is 5.32 Å². The number of ether oxygens (including phenoxy) is 2. The molecule has 0 saturated heterocycles. The first-order valence-electron chi connectivity index (χ1n) is 8.47. The van der Waals surface area contributed by atoms with Crippen LogP contribution in [-0.2, 0) is 11.3 Å². The summed E-state index contributed by atoms with van der Waals surface area (Å²) < 4.78 is 10.6. The SMILES string of the molecule is COc1ccc(CN(C)CC(=O)N[C@H](C)c2ccc(Cl)cc2Cl)c(OC)c1. The number of benzene rings is 2. The van der Waals surface area contributed by atoms with E-state index >= 15 is 0 Å². The lowest BCUT2D eigenvalue weighted by Crippen LogP contribution is -2.36. The van der Waals surface area contributed by atoms with Gasteiger partial charge in [0.25, 0.3) is 0 Å². The fourth-order valence-electron chi connectivity index (χ4n) is 2.79. The predicted molar refractivity (Wildman–Crippen MR) is 109 cm³/mol. The summed E-state index contributed by atoms with van der Waals surface area (Å²) in [6, 6.07) is 10.7. The molecule has 0 aliphatic heterocycles. The van der Waals surface area contributed by atoms with Crippen molar-refractivity contribution in [3.63, 3.8) is 0 Å². The Balaban J connectivity index is 1.95. The maximum absolute atomic E-state index is 12.4. The van der Waals surface area contributed by atoms with E-state index in [4.69, 9.17) is 32.7 Å². The summed E-state index contributed by atoms with van der Waals surface area (Å²) in [5.41, 5.74) is 1.80. The number of methoxy groups -OCH3 is 2. The summed E-state index contributed by atoms with van der Waals surface area (Å²) in [5, 5.41) is 4.06. The van der Waals surface area contributed by atoms with Gasteiger partial charge in [0, 0.05) is 28.2 Å². The third-order valence-corrected chi connectivity index (χ3v) is 4.72. The van der Waals surface area contributed by atoms with Crippen molar-refractivity contribution in [1.29, 1.82) is 0 Å². The number of nitrogens with one attached hydrogen (secondary N) is 1. The first-order chi connectivity index (χ1) is 12.8. The van der Waals surface area contributed by atoms with Gasteiger partial charge in [0.2, 0.25) is 5.91 Å². The standard InChI is InChI=1S/C20H24Cl2N2O3/c1-13(17-8-6-15(21)9-18(17)22)23-20(25)12-24(2)11-14-5-7-16(26-3)10-19(14)27-4/h5-10,13H,11-12H2,1-4H3,(H,23,25)/t13-/m1/s1. The smallest absolute Gasteiger partial charge is 0.234 e. The highest BCUT2D eigenvalue weighted by Gasteiger charge is 2.15. The number of hydrogen-bond donors (Lipinski definition) is 1. The number of hydrogen-bond acceptors (Lipinski definition) is 4. The molecule has 2 aromatic rings. The third kappa shape index (κ3) is 6.03. The first-order valence-corrected chi connectivity index (χ1v) is 9.23. The fourth-order valence-corrected chi connectivity index (χ4v) is 3.36. The largest absolute Gasteiger partial charge is 0.497 e. The molecule has 146 valence electrons. The van der Waals surface area contributed by atoms with Crippen LogP contribution in [0.3, 0.4) is 0 Å². The van der Waals surface area contributed by atoms with Crippen LogP contribution < -0.4 is 14.8 Å². The van der Waals surface area contributed by atoms with Crippen LogP contribution in [-0.4, -0.2) is 38.6 Å². The zero-order valence-electron chi connectivity index (χ0n) is 15.9. The van der Waals surface area contributed by atoms with Crippen LogP contribution in [0.4, 0.5) is 0 Å². The Kier molecular flexibility index (Phi) is 7.78. The summed E-state index contributed by atoms with van der Waals surface area (Å²) in [4.78, 5) is 14.3. The number of amides is 1. The Morgan fingerprint density at radius 1 is 1.15 bits per heavy atom. The molecule has 2 rings (SSSR count). The molecule has 1 atom stereocenters. The van der Waals surface area contributed by atoms with E-state index in [0.29, 0.717) is 16.6 Å². The molecule has 0 aliphatic carbocycles. The molecular formula is C20H24Cl2N2O3. The average molecular weight is 411 g/mol. The van der Waals surface area contributed by atoms with E-state index in [1.165, 1.54) is 0 Å². The summed E-state index contributed by atoms with van der Waals surface area (Å²) in [6.07, 6.45) is 0. The Morgan fingerprint density at radius 2 is 1.89 bits per heavy atom. The average Bonchev–Trinajstić information content (AvgIpc) is 2.61. The van der Waals surface area contributed by atoms with Gasteiger partial charge in [-0.3, -0.25) is 9.69 Å². The monoisotopic (exact) mass is 410 g/mol. The molecule has 0 bridgehead atoms. The van der Waals surface area contributed by atoms with Gasteiger partial charge in [0.15, 0.2) is 0 Å². The van der Waals surface area contributed by atoms with Gasteiger partial charge in [-0.15, -0.1) is 0 Å².